The van der Waals surface area contributed by atoms with Gasteiger partial charge in [-0.25, -0.2) is 0 Å². The molecule has 4 nitrogen and oxygen atoms in total. The molecule has 1 heterocycles. The normalized spacial score (nSPS) is 10.0. The van der Waals surface area contributed by atoms with Crippen molar-refractivity contribution in [1.29, 1.82) is 0 Å². The van der Waals surface area contributed by atoms with Crippen LogP contribution in [0.4, 0.5) is 5.69 Å². The first-order valence-electron chi connectivity index (χ1n) is 3.60. The second-order valence-electron chi connectivity index (χ2n) is 2.44. The molecule has 1 aromatic rings. The van der Waals surface area contributed by atoms with E-state index in [9.17, 15) is 0 Å². The molecule has 0 aromatic carbocycles. The molecule has 0 bridgehead atoms. The lowest BCUT2D eigenvalue weighted by atomic mass is 10.4. The van der Waals surface area contributed by atoms with E-state index in [-0.39, 0.29) is 5.95 Å². The zero-order valence-corrected chi connectivity index (χ0v) is 6.74. The Kier molecular flexibility index (Phi) is 2.36. The van der Waals surface area contributed by atoms with Crippen LogP contribution in [0.25, 0.3) is 0 Å². The van der Waals surface area contributed by atoms with E-state index in [1.807, 2.05) is 11.9 Å². The Morgan fingerprint density at radius 3 is 2.91 bits per heavy atom. The quantitative estimate of drug-likeness (QED) is 0.715. The Labute approximate surface area is 65.4 Å². The third-order valence-corrected chi connectivity index (χ3v) is 1.50. The summed E-state index contributed by atoms with van der Waals surface area (Å²) in [5, 5.41) is 12.5. The SMILES string of the molecule is CCCN(C)c1cnoc1O. The molecule has 0 aliphatic heterocycles. The number of nitrogens with zero attached hydrogens (tertiary/aromatic N) is 2. The molecule has 11 heavy (non-hydrogen) atoms. The highest BCUT2D eigenvalue weighted by Crippen LogP contribution is 2.24. The first kappa shape index (κ1) is 7.91. The molecular formula is C7H12N2O2. The Hall–Kier alpha value is -1.19. The second kappa shape index (κ2) is 3.27. The van der Waals surface area contributed by atoms with E-state index in [4.69, 9.17) is 5.11 Å². The van der Waals surface area contributed by atoms with Gasteiger partial charge in [-0.1, -0.05) is 12.1 Å². The molecule has 0 spiro atoms. The van der Waals surface area contributed by atoms with Gasteiger partial charge in [-0.15, -0.1) is 0 Å². The number of hydrogen-bond donors (Lipinski definition) is 1. The fourth-order valence-electron chi connectivity index (χ4n) is 0.946. The van der Waals surface area contributed by atoms with Gasteiger partial charge in [0.1, 0.15) is 5.69 Å². The van der Waals surface area contributed by atoms with Crippen LogP contribution in [0.1, 0.15) is 13.3 Å². The van der Waals surface area contributed by atoms with E-state index in [0.29, 0.717) is 5.69 Å². The van der Waals surface area contributed by atoms with E-state index in [1.165, 1.54) is 6.20 Å². The predicted octanol–water partition coefficient (Wildman–Crippen LogP) is 1.23. The van der Waals surface area contributed by atoms with Gasteiger partial charge in [-0.3, -0.25) is 0 Å². The highest BCUT2D eigenvalue weighted by atomic mass is 16.5. The number of hydrogen-bond acceptors (Lipinski definition) is 4. The number of rotatable bonds is 3. The van der Waals surface area contributed by atoms with Crippen molar-refractivity contribution in [3.8, 4) is 5.95 Å². The monoisotopic (exact) mass is 156 g/mol. The fourth-order valence-corrected chi connectivity index (χ4v) is 0.946. The Bertz CT molecular complexity index is 222. The molecule has 0 atom stereocenters. The van der Waals surface area contributed by atoms with E-state index < -0.39 is 0 Å². The van der Waals surface area contributed by atoms with E-state index in [1.54, 1.807) is 0 Å². The summed E-state index contributed by atoms with van der Waals surface area (Å²) in [6.45, 7) is 2.95. The van der Waals surface area contributed by atoms with Crippen molar-refractivity contribution < 1.29 is 9.63 Å². The van der Waals surface area contributed by atoms with E-state index in [2.05, 4.69) is 16.6 Å². The molecular weight excluding hydrogens is 144 g/mol. The lowest BCUT2D eigenvalue weighted by molar-refractivity contribution is 0.278. The minimum atomic E-state index is -0.110. The molecule has 0 saturated carbocycles. The molecule has 1 rings (SSSR count). The largest absolute Gasteiger partial charge is 0.478 e. The fraction of sp³-hybridized carbons (Fsp3) is 0.571. The lowest BCUT2D eigenvalue weighted by Gasteiger charge is -2.14. The van der Waals surface area contributed by atoms with Crippen molar-refractivity contribution in [1.82, 2.24) is 5.16 Å². The maximum atomic E-state index is 9.08. The Balaban J connectivity index is 2.67. The van der Waals surface area contributed by atoms with E-state index in [0.717, 1.165) is 13.0 Å². The van der Waals surface area contributed by atoms with Gasteiger partial charge in [0.05, 0.1) is 6.20 Å². The second-order valence-corrected chi connectivity index (χ2v) is 2.44. The van der Waals surface area contributed by atoms with Crippen LogP contribution < -0.4 is 4.90 Å². The number of aromatic nitrogens is 1. The van der Waals surface area contributed by atoms with Crippen molar-refractivity contribution in [3.05, 3.63) is 6.20 Å². The molecule has 4 heteroatoms. The summed E-state index contributed by atoms with van der Waals surface area (Å²) < 4.78 is 4.50. The van der Waals surface area contributed by atoms with Crippen LogP contribution in [0.5, 0.6) is 5.95 Å². The summed E-state index contributed by atoms with van der Waals surface area (Å²) in [6, 6.07) is 0. The average Bonchev–Trinajstić information content (AvgIpc) is 2.36. The minimum Gasteiger partial charge on any atom is -0.478 e. The molecule has 0 fully saturated rings. The number of anilines is 1. The van der Waals surface area contributed by atoms with Crippen LogP contribution in [0, 0.1) is 0 Å². The maximum Gasteiger partial charge on any atom is 0.332 e. The van der Waals surface area contributed by atoms with Crippen LogP contribution >= 0.6 is 0 Å². The van der Waals surface area contributed by atoms with Gasteiger partial charge in [0.25, 0.3) is 0 Å². The van der Waals surface area contributed by atoms with Crippen molar-refractivity contribution in [3.63, 3.8) is 0 Å². The lowest BCUT2D eigenvalue weighted by Crippen LogP contribution is -2.16. The van der Waals surface area contributed by atoms with Gasteiger partial charge >= 0.3 is 5.95 Å². The third kappa shape index (κ3) is 1.63. The van der Waals surface area contributed by atoms with Crippen LogP contribution in [0.2, 0.25) is 0 Å². The minimum absolute atomic E-state index is 0.110. The summed E-state index contributed by atoms with van der Waals surface area (Å²) in [4.78, 5) is 1.89. The number of aromatic hydroxyl groups is 1. The Morgan fingerprint density at radius 2 is 2.45 bits per heavy atom. The van der Waals surface area contributed by atoms with Gasteiger partial charge in [-0.2, -0.15) is 0 Å². The van der Waals surface area contributed by atoms with Gasteiger partial charge in [0.2, 0.25) is 0 Å². The molecule has 1 N–H and O–H groups in total. The van der Waals surface area contributed by atoms with Crippen molar-refractivity contribution in [2.24, 2.45) is 0 Å². The highest BCUT2D eigenvalue weighted by Gasteiger charge is 2.09. The first-order valence-corrected chi connectivity index (χ1v) is 3.60. The van der Waals surface area contributed by atoms with Crippen molar-refractivity contribution >= 4 is 5.69 Å². The average molecular weight is 156 g/mol. The van der Waals surface area contributed by atoms with Crippen molar-refractivity contribution in [2.45, 2.75) is 13.3 Å². The van der Waals surface area contributed by atoms with Crippen LogP contribution in [0.3, 0.4) is 0 Å². The molecule has 0 saturated heterocycles. The molecule has 0 radical (unpaired) electrons. The predicted molar refractivity (Wildman–Crippen MR) is 41.7 cm³/mol. The summed E-state index contributed by atoms with van der Waals surface area (Å²) in [5.41, 5.74) is 0.645. The molecule has 0 unspecified atom stereocenters. The van der Waals surface area contributed by atoms with Gasteiger partial charge < -0.3 is 14.5 Å². The Morgan fingerprint density at radius 1 is 1.73 bits per heavy atom. The van der Waals surface area contributed by atoms with Gasteiger partial charge in [0, 0.05) is 13.6 Å². The standard InChI is InChI=1S/C7H12N2O2/c1-3-4-9(2)6-5-8-11-7(6)10/h5,10H,3-4H2,1-2H3. The third-order valence-electron chi connectivity index (χ3n) is 1.50. The summed E-state index contributed by atoms with van der Waals surface area (Å²) >= 11 is 0. The van der Waals surface area contributed by atoms with Crippen LogP contribution in [-0.4, -0.2) is 23.9 Å². The zero-order valence-electron chi connectivity index (χ0n) is 6.74. The molecule has 0 amide bonds. The molecule has 0 aliphatic rings. The summed E-state index contributed by atoms with van der Waals surface area (Å²) in [5.74, 6) is -0.110. The molecule has 1 aromatic heterocycles. The zero-order chi connectivity index (χ0) is 8.27. The van der Waals surface area contributed by atoms with Crippen LogP contribution in [0.15, 0.2) is 10.7 Å². The maximum absolute atomic E-state index is 9.08. The van der Waals surface area contributed by atoms with Gasteiger partial charge in [0.15, 0.2) is 0 Å². The smallest absolute Gasteiger partial charge is 0.332 e. The first-order chi connectivity index (χ1) is 5.25. The van der Waals surface area contributed by atoms with Crippen molar-refractivity contribution in [2.75, 3.05) is 18.5 Å². The van der Waals surface area contributed by atoms with Gasteiger partial charge in [-0.05, 0) is 6.42 Å². The molecule has 0 aliphatic carbocycles. The summed E-state index contributed by atoms with van der Waals surface area (Å²) in [6.07, 6.45) is 2.53. The molecule has 62 valence electrons. The summed E-state index contributed by atoms with van der Waals surface area (Å²) in [7, 11) is 1.88. The highest BCUT2D eigenvalue weighted by molar-refractivity contribution is 5.49. The van der Waals surface area contributed by atoms with Crippen LogP contribution in [-0.2, 0) is 0 Å². The van der Waals surface area contributed by atoms with E-state index >= 15 is 0 Å². The topological polar surface area (TPSA) is 49.5 Å².